The van der Waals surface area contributed by atoms with E-state index in [1.165, 1.54) is 0 Å². The summed E-state index contributed by atoms with van der Waals surface area (Å²) in [7, 11) is 0. The Labute approximate surface area is 119 Å². The van der Waals surface area contributed by atoms with Gasteiger partial charge >= 0.3 is 0 Å². The average Bonchev–Trinajstić information content (AvgIpc) is 2.43. The second kappa shape index (κ2) is 8.14. The summed E-state index contributed by atoms with van der Waals surface area (Å²) >= 11 is 0. The van der Waals surface area contributed by atoms with E-state index in [0.29, 0.717) is 23.8 Å². The van der Waals surface area contributed by atoms with Crippen LogP contribution in [0.2, 0.25) is 0 Å². The number of carbonyl (C=O) groups is 2. The van der Waals surface area contributed by atoms with Crippen molar-refractivity contribution < 1.29 is 9.59 Å². The Morgan fingerprint density at radius 1 is 1.30 bits per heavy atom. The third-order valence-electron chi connectivity index (χ3n) is 2.50. The Balaban J connectivity index is 2.46. The topological polar surface area (TPSA) is 83.1 Å². The van der Waals surface area contributed by atoms with Crippen LogP contribution in [0.15, 0.2) is 18.3 Å². The van der Waals surface area contributed by atoms with Gasteiger partial charge in [0.05, 0.1) is 6.54 Å². The number of carbonyl (C=O) groups excluding carboxylic acids is 2. The number of hydrogen-bond donors (Lipinski definition) is 3. The standard InChI is InChI=1S/C14H22N4O2/c1-4-15-12-7-11(5-6-16-12)14(20)18-9-13(19)17-8-10(2)3/h5-7,10H,4,8-9H2,1-3H3,(H,15,16)(H,17,19)(H,18,20). The third-order valence-corrected chi connectivity index (χ3v) is 2.50. The van der Waals surface area contributed by atoms with E-state index in [9.17, 15) is 9.59 Å². The molecule has 0 atom stereocenters. The molecule has 0 aromatic carbocycles. The molecular weight excluding hydrogens is 256 g/mol. The number of anilines is 1. The van der Waals surface area contributed by atoms with Crippen molar-refractivity contribution >= 4 is 17.6 Å². The zero-order chi connectivity index (χ0) is 15.0. The Bertz CT molecular complexity index is 460. The lowest BCUT2D eigenvalue weighted by atomic mass is 10.2. The molecule has 6 heteroatoms. The first kappa shape index (κ1) is 15.9. The van der Waals surface area contributed by atoms with E-state index in [1.54, 1.807) is 18.3 Å². The monoisotopic (exact) mass is 278 g/mol. The number of pyridine rings is 1. The Morgan fingerprint density at radius 2 is 2.05 bits per heavy atom. The molecule has 1 rings (SSSR count). The molecule has 0 aliphatic rings. The van der Waals surface area contributed by atoms with Crippen molar-refractivity contribution in [2.75, 3.05) is 25.0 Å². The molecule has 20 heavy (non-hydrogen) atoms. The second-order valence-electron chi connectivity index (χ2n) is 4.84. The van der Waals surface area contributed by atoms with Crippen LogP contribution in [0.5, 0.6) is 0 Å². The van der Waals surface area contributed by atoms with Crippen LogP contribution >= 0.6 is 0 Å². The molecule has 0 spiro atoms. The largest absolute Gasteiger partial charge is 0.370 e. The molecule has 0 unspecified atom stereocenters. The first-order chi connectivity index (χ1) is 9.52. The van der Waals surface area contributed by atoms with Gasteiger partial charge < -0.3 is 16.0 Å². The molecule has 3 N–H and O–H groups in total. The fourth-order valence-corrected chi connectivity index (χ4v) is 1.49. The van der Waals surface area contributed by atoms with Crippen molar-refractivity contribution in [3.05, 3.63) is 23.9 Å². The number of rotatable bonds is 7. The van der Waals surface area contributed by atoms with Crippen LogP contribution in [-0.2, 0) is 4.79 Å². The van der Waals surface area contributed by atoms with Crippen molar-refractivity contribution in [3.63, 3.8) is 0 Å². The van der Waals surface area contributed by atoms with Gasteiger partial charge in [-0.15, -0.1) is 0 Å². The molecule has 0 saturated carbocycles. The van der Waals surface area contributed by atoms with Crippen LogP contribution in [0.1, 0.15) is 31.1 Å². The summed E-state index contributed by atoms with van der Waals surface area (Å²) in [6.45, 7) is 7.29. The van der Waals surface area contributed by atoms with Crippen LogP contribution in [0.3, 0.4) is 0 Å². The van der Waals surface area contributed by atoms with Gasteiger partial charge in [0.2, 0.25) is 5.91 Å². The summed E-state index contributed by atoms with van der Waals surface area (Å²) in [4.78, 5) is 27.5. The van der Waals surface area contributed by atoms with E-state index in [-0.39, 0.29) is 18.4 Å². The highest BCUT2D eigenvalue weighted by molar-refractivity contribution is 5.96. The molecule has 2 amide bonds. The van der Waals surface area contributed by atoms with E-state index in [4.69, 9.17) is 0 Å². The van der Waals surface area contributed by atoms with Crippen LogP contribution in [0, 0.1) is 5.92 Å². The zero-order valence-corrected chi connectivity index (χ0v) is 12.2. The van der Waals surface area contributed by atoms with Gasteiger partial charge in [-0.2, -0.15) is 0 Å². The SMILES string of the molecule is CCNc1cc(C(=O)NCC(=O)NCC(C)C)ccn1. The van der Waals surface area contributed by atoms with Crippen molar-refractivity contribution in [1.29, 1.82) is 0 Å². The van der Waals surface area contributed by atoms with Gasteiger partial charge in [-0.1, -0.05) is 13.8 Å². The second-order valence-corrected chi connectivity index (χ2v) is 4.84. The Morgan fingerprint density at radius 3 is 2.70 bits per heavy atom. The minimum Gasteiger partial charge on any atom is -0.370 e. The molecule has 6 nitrogen and oxygen atoms in total. The van der Waals surface area contributed by atoms with Crippen molar-refractivity contribution in [1.82, 2.24) is 15.6 Å². The Hall–Kier alpha value is -2.11. The summed E-state index contributed by atoms with van der Waals surface area (Å²) in [5.74, 6) is 0.557. The highest BCUT2D eigenvalue weighted by Gasteiger charge is 2.09. The van der Waals surface area contributed by atoms with Gasteiger partial charge in [0, 0.05) is 24.8 Å². The normalized spacial score (nSPS) is 10.2. The molecule has 110 valence electrons. The first-order valence-corrected chi connectivity index (χ1v) is 6.77. The van der Waals surface area contributed by atoms with Crippen molar-refractivity contribution in [2.45, 2.75) is 20.8 Å². The van der Waals surface area contributed by atoms with Crippen LogP contribution < -0.4 is 16.0 Å². The quantitative estimate of drug-likeness (QED) is 0.695. The first-order valence-electron chi connectivity index (χ1n) is 6.77. The van der Waals surface area contributed by atoms with E-state index < -0.39 is 0 Å². The number of nitrogens with zero attached hydrogens (tertiary/aromatic N) is 1. The third kappa shape index (κ3) is 5.69. The maximum atomic E-state index is 11.9. The predicted molar refractivity (Wildman–Crippen MR) is 78.6 cm³/mol. The highest BCUT2D eigenvalue weighted by Crippen LogP contribution is 2.06. The van der Waals surface area contributed by atoms with Gasteiger partial charge in [0.25, 0.3) is 5.91 Å². The maximum absolute atomic E-state index is 11.9. The summed E-state index contributed by atoms with van der Waals surface area (Å²) in [6.07, 6.45) is 1.56. The van der Waals surface area contributed by atoms with Crippen molar-refractivity contribution in [2.24, 2.45) is 5.92 Å². The van der Waals surface area contributed by atoms with Gasteiger partial charge in [-0.3, -0.25) is 9.59 Å². The van der Waals surface area contributed by atoms with E-state index >= 15 is 0 Å². The molecule has 1 aromatic heterocycles. The molecule has 0 saturated heterocycles. The highest BCUT2D eigenvalue weighted by atomic mass is 16.2. The van der Waals surface area contributed by atoms with E-state index in [2.05, 4.69) is 20.9 Å². The number of aromatic nitrogens is 1. The van der Waals surface area contributed by atoms with Crippen molar-refractivity contribution in [3.8, 4) is 0 Å². The van der Waals surface area contributed by atoms with E-state index in [0.717, 1.165) is 6.54 Å². The summed E-state index contributed by atoms with van der Waals surface area (Å²) in [6, 6.07) is 3.27. The average molecular weight is 278 g/mol. The molecule has 1 aromatic rings. The fourth-order valence-electron chi connectivity index (χ4n) is 1.49. The lowest BCUT2D eigenvalue weighted by Crippen LogP contribution is -2.38. The van der Waals surface area contributed by atoms with E-state index in [1.807, 2.05) is 20.8 Å². The predicted octanol–water partition coefficient (Wildman–Crippen LogP) is 1.02. The summed E-state index contributed by atoms with van der Waals surface area (Å²) in [5.41, 5.74) is 0.479. The Kier molecular flexibility index (Phi) is 6.49. The van der Waals surface area contributed by atoms with Gasteiger partial charge in [0.15, 0.2) is 0 Å². The smallest absolute Gasteiger partial charge is 0.251 e. The molecule has 0 aliphatic carbocycles. The minimum absolute atomic E-state index is 0.0234. The molecule has 1 heterocycles. The summed E-state index contributed by atoms with van der Waals surface area (Å²) < 4.78 is 0. The lowest BCUT2D eigenvalue weighted by Gasteiger charge is -2.09. The minimum atomic E-state index is -0.286. The molecule has 0 fully saturated rings. The lowest BCUT2D eigenvalue weighted by molar-refractivity contribution is -0.120. The number of amides is 2. The van der Waals surface area contributed by atoms with Gasteiger partial charge in [-0.25, -0.2) is 4.98 Å². The van der Waals surface area contributed by atoms with Gasteiger partial charge in [0.1, 0.15) is 5.82 Å². The van der Waals surface area contributed by atoms with Crippen LogP contribution in [0.4, 0.5) is 5.82 Å². The molecule has 0 aliphatic heterocycles. The van der Waals surface area contributed by atoms with Crippen LogP contribution in [0.25, 0.3) is 0 Å². The number of hydrogen-bond acceptors (Lipinski definition) is 4. The molecular formula is C14H22N4O2. The zero-order valence-electron chi connectivity index (χ0n) is 12.2. The van der Waals surface area contributed by atoms with Crippen LogP contribution in [-0.4, -0.2) is 36.4 Å². The molecule has 0 bridgehead atoms. The fraction of sp³-hybridized carbons (Fsp3) is 0.500. The number of nitrogens with one attached hydrogen (secondary N) is 3. The van der Waals surface area contributed by atoms with Gasteiger partial charge in [-0.05, 0) is 25.0 Å². The molecule has 0 radical (unpaired) electrons. The maximum Gasteiger partial charge on any atom is 0.251 e. The summed E-state index contributed by atoms with van der Waals surface area (Å²) in [5, 5.41) is 8.36.